The van der Waals surface area contributed by atoms with Crippen LogP contribution in [0.15, 0.2) is 83.1 Å². The zero-order chi connectivity index (χ0) is 26.2. The highest BCUT2D eigenvalue weighted by Gasteiger charge is 2.17. The van der Waals surface area contributed by atoms with Gasteiger partial charge in [0, 0.05) is 41.7 Å². The number of nitrogens with zero attached hydrogens (tertiary/aromatic N) is 5. The summed E-state index contributed by atoms with van der Waals surface area (Å²) in [6.07, 6.45) is 1.44. The number of carbonyl (C=O) groups excluding carboxylic acids is 1. The topological polar surface area (TPSA) is 95.6 Å². The highest BCUT2D eigenvalue weighted by molar-refractivity contribution is 7.99. The monoisotopic (exact) mass is 514 g/mol. The van der Waals surface area contributed by atoms with Crippen molar-refractivity contribution < 1.29 is 9.90 Å². The molecule has 0 aliphatic carbocycles. The molecule has 3 aromatic carbocycles. The molecule has 0 saturated heterocycles. The van der Waals surface area contributed by atoms with E-state index in [-0.39, 0.29) is 17.4 Å². The minimum absolute atomic E-state index is 0.100. The van der Waals surface area contributed by atoms with Crippen LogP contribution in [0, 0.1) is 6.92 Å². The number of hydrogen-bond acceptors (Lipinski definition) is 7. The number of hydrazone groups is 1. The highest BCUT2D eigenvalue weighted by Crippen LogP contribution is 2.28. The first-order valence-corrected chi connectivity index (χ1v) is 13.1. The number of aryl methyl sites for hydroxylation is 1. The molecular formula is C28H30N6O2S. The van der Waals surface area contributed by atoms with Crippen molar-refractivity contribution in [2.75, 3.05) is 23.7 Å². The summed E-state index contributed by atoms with van der Waals surface area (Å²) in [7, 11) is 0. The Morgan fingerprint density at radius 2 is 1.78 bits per heavy atom. The van der Waals surface area contributed by atoms with Gasteiger partial charge in [-0.25, -0.2) is 5.43 Å². The van der Waals surface area contributed by atoms with E-state index in [1.54, 1.807) is 12.1 Å². The summed E-state index contributed by atoms with van der Waals surface area (Å²) in [5, 5.41) is 23.7. The highest BCUT2D eigenvalue weighted by atomic mass is 32.2. The molecule has 1 heterocycles. The normalized spacial score (nSPS) is 11.1. The maximum Gasteiger partial charge on any atom is 0.250 e. The van der Waals surface area contributed by atoms with Crippen LogP contribution >= 0.6 is 11.8 Å². The van der Waals surface area contributed by atoms with Gasteiger partial charge in [0.1, 0.15) is 5.75 Å². The molecule has 0 aliphatic heterocycles. The largest absolute Gasteiger partial charge is 0.507 e. The van der Waals surface area contributed by atoms with E-state index in [9.17, 15) is 9.90 Å². The second-order valence-corrected chi connectivity index (χ2v) is 9.28. The number of phenols is 1. The SMILES string of the molecule is CCN(CC)c1ccc(/C=N/NC(=O)CSc2nnc(-c3ccc(C)cc3)n2-c2ccccc2)c(O)c1. The zero-order valence-electron chi connectivity index (χ0n) is 21.1. The second-order valence-electron chi connectivity index (χ2n) is 8.34. The van der Waals surface area contributed by atoms with Crippen molar-refractivity contribution in [3.8, 4) is 22.8 Å². The van der Waals surface area contributed by atoms with E-state index in [2.05, 4.69) is 39.5 Å². The lowest BCUT2D eigenvalue weighted by atomic mass is 10.1. The third-order valence-electron chi connectivity index (χ3n) is 5.83. The lowest BCUT2D eigenvalue weighted by molar-refractivity contribution is -0.118. The molecule has 0 fully saturated rings. The van der Waals surface area contributed by atoms with E-state index in [1.807, 2.05) is 72.2 Å². The minimum Gasteiger partial charge on any atom is -0.507 e. The number of rotatable bonds is 10. The average molecular weight is 515 g/mol. The van der Waals surface area contributed by atoms with Gasteiger partial charge in [0.05, 0.1) is 12.0 Å². The van der Waals surface area contributed by atoms with Gasteiger partial charge < -0.3 is 10.0 Å². The van der Waals surface area contributed by atoms with E-state index >= 15 is 0 Å². The Hall–Kier alpha value is -4.11. The summed E-state index contributed by atoms with van der Waals surface area (Å²) < 4.78 is 1.95. The third kappa shape index (κ3) is 6.37. The number of thioether (sulfide) groups is 1. The number of anilines is 1. The van der Waals surface area contributed by atoms with Crippen LogP contribution in [0.2, 0.25) is 0 Å². The Bertz CT molecular complexity index is 1370. The van der Waals surface area contributed by atoms with Crippen molar-refractivity contribution in [3.05, 3.63) is 83.9 Å². The molecule has 0 unspecified atom stereocenters. The Balaban J connectivity index is 1.44. The number of nitrogens with one attached hydrogen (secondary N) is 1. The van der Waals surface area contributed by atoms with Gasteiger partial charge in [-0.2, -0.15) is 5.10 Å². The number of carbonyl (C=O) groups is 1. The lowest BCUT2D eigenvalue weighted by Crippen LogP contribution is -2.21. The molecule has 1 aromatic heterocycles. The van der Waals surface area contributed by atoms with Gasteiger partial charge in [0.25, 0.3) is 5.91 Å². The van der Waals surface area contributed by atoms with Crippen LogP contribution in [-0.4, -0.2) is 50.8 Å². The van der Waals surface area contributed by atoms with Crippen molar-refractivity contribution >= 4 is 29.6 Å². The number of amides is 1. The van der Waals surface area contributed by atoms with Gasteiger partial charge in [-0.05, 0) is 45.0 Å². The number of phenolic OH excluding ortho intramolecular Hbond substituents is 1. The van der Waals surface area contributed by atoms with E-state index < -0.39 is 0 Å². The molecule has 37 heavy (non-hydrogen) atoms. The van der Waals surface area contributed by atoms with Crippen LogP contribution in [0.4, 0.5) is 5.69 Å². The molecule has 4 rings (SSSR count). The van der Waals surface area contributed by atoms with Gasteiger partial charge in [0.2, 0.25) is 0 Å². The van der Waals surface area contributed by atoms with Crippen LogP contribution in [0.1, 0.15) is 25.0 Å². The van der Waals surface area contributed by atoms with E-state index in [1.165, 1.54) is 18.0 Å². The first kappa shape index (κ1) is 26.0. The first-order valence-electron chi connectivity index (χ1n) is 12.1. The predicted molar refractivity (Wildman–Crippen MR) is 150 cm³/mol. The van der Waals surface area contributed by atoms with Gasteiger partial charge in [-0.1, -0.05) is 59.8 Å². The molecule has 2 N–H and O–H groups in total. The number of aromatic hydroxyl groups is 1. The Kier molecular flexibility index (Phi) is 8.58. The van der Waals surface area contributed by atoms with Gasteiger partial charge in [-0.3, -0.25) is 9.36 Å². The van der Waals surface area contributed by atoms with Crippen molar-refractivity contribution in [2.45, 2.75) is 25.9 Å². The van der Waals surface area contributed by atoms with Crippen molar-refractivity contribution in [1.29, 1.82) is 0 Å². The van der Waals surface area contributed by atoms with Gasteiger partial charge in [-0.15, -0.1) is 10.2 Å². The quantitative estimate of drug-likeness (QED) is 0.175. The maximum atomic E-state index is 12.5. The first-order chi connectivity index (χ1) is 18.0. The van der Waals surface area contributed by atoms with Gasteiger partial charge in [0.15, 0.2) is 11.0 Å². The molecule has 8 nitrogen and oxygen atoms in total. The fourth-order valence-corrected chi connectivity index (χ4v) is 4.57. The standard InChI is InChI=1S/C28H30N6O2S/c1-4-33(5-2)24-16-15-22(25(35)17-24)18-29-30-26(36)19-37-28-32-31-27(21-13-11-20(3)12-14-21)34(28)23-9-7-6-8-10-23/h6-18,35H,4-5,19H2,1-3H3,(H,30,36)/b29-18+. The molecule has 9 heteroatoms. The van der Waals surface area contributed by atoms with E-state index in [0.717, 1.165) is 35.6 Å². The minimum atomic E-state index is -0.292. The molecule has 1 amide bonds. The van der Waals surface area contributed by atoms with Crippen LogP contribution in [0.3, 0.4) is 0 Å². The average Bonchev–Trinajstić information content (AvgIpc) is 3.34. The predicted octanol–water partition coefficient (Wildman–Crippen LogP) is 5.04. The summed E-state index contributed by atoms with van der Waals surface area (Å²) in [5.41, 5.74) is 7.00. The van der Waals surface area contributed by atoms with E-state index in [0.29, 0.717) is 16.5 Å². The van der Waals surface area contributed by atoms with Crippen LogP contribution in [-0.2, 0) is 4.79 Å². The molecule has 4 aromatic rings. The molecule has 0 saturated carbocycles. The second kappa shape index (κ2) is 12.2. The molecular weight excluding hydrogens is 484 g/mol. The summed E-state index contributed by atoms with van der Waals surface area (Å²) >= 11 is 1.28. The molecule has 0 spiro atoms. The number of aromatic nitrogens is 3. The molecule has 0 bridgehead atoms. The maximum absolute atomic E-state index is 12.5. The number of hydrogen-bond donors (Lipinski definition) is 2. The zero-order valence-corrected chi connectivity index (χ0v) is 21.9. The molecule has 190 valence electrons. The molecule has 0 radical (unpaired) electrons. The Labute approximate surface area is 221 Å². The number of para-hydroxylation sites is 1. The Morgan fingerprint density at radius 3 is 2.46 bits per heavy atom. The smallest absolute Gasteiger partial charge is 0.250 e. The van der Waals surface area contributed by atoms with Crippen LogP contribution in [0.25, 0.3) is 17.1 Å². The molecule has 0 aliphatic rings. The fourth-order valence-electron chi connectivity index (χ4n) is 3.83. The summed E-state index contributed by atoms with van der Waals surface area (Å²) in [4.78, 5) is 14.6. The van der Waals surface area contributed by atoms with Crippen molar-refractivity contribution in [1.82, 2.24) is 20.2 Å². The van der Waals surface area contributed by atoms with Gasteiger partial charge >= 0.3 is 0 Å². The summed E-state index contributed by atoms with van der Waals surface area (Å²) in [6, 6.07) is 23.3. The van der Waals surface area contributed by atoms with Crippen LogP contribution in [0.5, 0.6) is 5.75 Å². The third-order valence-corrected chi connectivity index (χ3v) is 6.75. The summed E-state index contributed by atoms with van der Waals surface area (Å²) in [5.74, 6) is 0.621. The van der Waals surface area contributed by atoms with E-state index in [4.69, 9.17) is 0 Å². The Morgan fingerprint density at radius 1 is 1.05 bits per heavy atom. The summed E-state index contributed by atoms with van der Waals surface area (Å²) in [6.45, 7) is 7.87. The van der Waals surface area contributed by atoms with Crippen molar-refractivity contribution in [2.24, 2.45) is 5.10 Å². The number of benzene rings is 3. The van der Waals surface area contributed by atoms with Crippen molar-refractivity contribution in [3.63, 3.8) is 0 Å². The van der Waals surface area contributed by atoms with Crippen LogP contribution < -0.4 is 10.3 Å². The fraction of sp³-hybridized carbons (Fsp3) is 0.214. The lowest BCUT2D eigenvalue weighted by Gasteiger charge is -2.21. The molecule has 0 atom stereocenters.